The van der Waals surface area contributed by atoms with Gasteiger partial charge in [-0.1, -0.05) is 190 Å². The number of hydrogen-bond acceptors (Lipinski definition) is 1. The summed E-state index contributed by atoms with van der Waals surface area (Å²) in [4.78, 5) is 2.54. The van der Waals surface area contributed by atoms with Gasteiger partial charge < -0.3 is 4.90 Å². The number of para-hydroxylation sites is 2. The average molecular weight is 754 g/mol. The van der Waals surface area contributed by atoms with Crippen molar-refractivity contribution in [2.45, 2.75) is 37.5 Å². The molecule has 4 aliphatic carbocycles. The van der Waals surface area contributed by atoms with Crippen molar-refractivity contribution in [3.63, 3.8) is 0 Å². The van der Waals surface area contributed by atoms with Crippen LogP contribution in [0, 0.1) is 0 Å². The van der Waals surface area contributed by atoms with Gasteiger partial charge >= 0.3 is 0 Å². The van der Waals surface area contributed by atoms with Crippen LogP contribution in [0.3, 0.4) is 0 Å². The van der Waals surface area contributed by atoms with Crippen LogP contribution in [0.5, 0.6) is 0 Å². The molecule has 0 aromatic heterocycles. The lowest BCUT2D eigenvalue weighted by atomic mass is 9.66. The van der Waals surface area contributed by atoms with Crippen molar-refractivity contribution in [3.8, 4) is 44.5 Å². The molecule has 0 saturated carbocycles. The molecular formula is C58H43N. The summed E-state index contributed by atoms with van der Waals surface area (Å²) in [5.41, 5.74) is 24.4. The Labute approximate surface area is 347 Å². The van der Waals surface area contributed by atoms with Gasteiger partial charge in [0, 0.05) is 22.2 Å². The molecule has 12 rings (SSSR count). The maximum absolute atomic E-state index is 2.54. The number of benzene rings is 8. The first kappa shape index (κ1) is 34.1. The predicted octanol–water partition coefficient (Wildman–Crippen LogP) is 15.2. The Morgan fingerprint density at radius 1 is 0.424 bits per heavy atom. The quantitative estimate of drug-likeness (QED) is 0.169. The summed E-state index contributed by atoms with van der Waals surface area (Å²) >= 11 is 0. The average Bonchev–Trinajstić information content (AvgIpc) is 3.86. The highest BCUT2D eigenvalue weighted by atomic mass is 15.1. The van der Waals surface area contributed by atoms with Gasteiger partial charge in [-0.15, -0.1) is 0 Å². The molecule has 0 saturated heterocycles. The highest BCUT2D eigenvalue weighted by Gasteiger charge is 2.53. The van der Waals surface area contributed by atoms with E-state index in [0.29, 0.717) is 0 Å². The Kier molecular flexibility index (Phi) is 7.38. The molecule has 0 aliphatic heterocycles. The zero-order valence-corrected chi connectivity index (χ0v) is 33.4. The SMILES string of the molecule is CC1(C)c2ccccc2-c2ccc(N(c3ccccc3-c3ccccc3)c3ccccc3-c3cccc4c3C3(C5=C4C=CCC5)c4ccccc4-c4ccccc43)cc21. The fraction of sp³-hybridized carbons (Fsp3) is 0.103. The van der Waals surface area contributed by atoms with Gasteiger partial charge in [-0.3, -0.25) is 0 Å². The van der Waals surface area contributed by atoms with E-state index < -0.39 is 0 Å². The van der Waals surface area contributed by atoms with Crippen LogP contribution in [0.2, 0.25) is 0 Å². The molecule has 8 aromatic carbocycles. The van der Waals surface area contributed by atoms with Gasteiger partial charge in [0.2, 0.25) is 0 Å². The third-order valence-corrected chi connectivity index (χ3v) is 13.8. The maximum atomic E-state index is 2.54. The highest BCUT2D eigenvalue weighted by molar-refractivity contribution is 6.03. The molecule has 1 nitrogen and oxygen atoms in total. The standard InChI is InChI=1S/C58H43N/c1-57(2)49-29-12-6-22-41(49)45-36-35-39(37-53(45)57)59(54-33-16-10-21-40(54)38-19-4-3-5-20-38)55-34-17-11-26-46(55)48-28-18-27-47-44-25-9-15-32-52(44)58(56(47)48)50-30-13-7-23-42(50)43-24-8-14-31-51(43)58/h3-14,16-31,33-37H,15,32H2,1-2H3. The lowest BCUT2D eigenvalue weighted by molar-refractivity contribution is 0.660. The Bertz CT molecular complexity index is 3040. The highest BCUT2D eigenvalue weighted by Crippen LogP contribution is 2.65. The van der Waals surface area contributed by atoms with E-state index in [1.54, 1.807) is 0 Å². The summed E-state index contributed by atoms with van der Waals surface area (Å²) in [5.74, 6) is 0. The van der Waals surface area contributed by atoms with Crippen LogP contribution in [-0.2, 0) is 10.8 Å². The van der Waals surface area contributed by atoms with Crippen molar-refractivity contribution in [3.05, 3.63) is 239 Å². The Morgan fingerprint density at radius 3 is 1.66 bits per heavy atom. The molecule has 1 spiro atoms. The van der Waals surface area contributed by atoms with E-state index in [-0.39, 0.29) is 10.8 Å². The first-order valence-corrected chi connectivity index (χ1v) is 21.1. The third-order valence-electron chi connectivity index (χ3n) is 13.8. The molecule has 8 aromatic rings. The summed E-state index contributed by atoms with van der Waals surface area (Å²) in [5, 5.41) is 0. The molecule has 0 heterocycles. The van der Waals surface area contributed by atoms with Gasteiger partial charge in [-0.2, -0.15) is 0 Å². The molecule has 280 valence electrons. The number of anilines is 3. The Hall–Kier alpha value is -6.96. The molecular weight excluding hydrogens is 711 g/mol. The van der Waals surface area contributed by atoms with E-state index in [1.807, 2.05) is 0 Å². The Morgan fingerprint density at radius 2 is 0.949 bits per heavy atom. The smallest absolute Gasteiger partial charge is 0.0694 e. The second-order valence-electron chi connectivity index (χ2n) is 17.0. The zero-order chi connectivity index (χ0) is 39.3. The van der Waals surface area contributed by atoms with E-state index in [2.05, 4.69) is 219 Å². The van der Waals surface area contributed by atoms with Gasteiger partial charge in [0.05, 0.1) is 16.8 Å². The second-order valence-corrected chi connectivity index (χ2v) is 17.0. The van der Waals surface area contributed by atoms with Crippen LogP contribution in [-0.4, -0.2) is 0 Å². The third kappa shape index (κ3) is 4.67. The van der Waals surface area contributed by atoms with Crippen LogP contribution < -0.4 is 4.90 Å². The van der Waals surface area contributed by atoms with E-state index in [9.17, 15) is 0 Å². The van der Waals surface area contributed by atoms with Gasteiger partial charge in [-0.05, 0) is 115 Å². The topological polar surface area (TPSA) is 3.24 Å². The van der Waals surface area contributed by atoms with Crippen molar-refractivity contribution < 1.29 is 0 Å². The fourth-order valence-corrected chi connectivity index (χ4v) is 11.4. The summed E-state index contributed by atoms with van der Waals surface area (Å²) in [7, 11) is 0. The molecule has 0 radical (unpaired) electrons. The number of nitrogens with zero attached hydrogens (tertiary/aromatic N) is 1. The largest absolute Gasteiger partial charge is 0.309 e. The lowest BCUT2D eigenvalue weighted by Crippen LogP contribution is -2.28. The van der Waals surface area contributed by atoms with Crippen LogP contribution in [0.4, 0.5) is 17.1 Å². The normalized spacial score (nSPS) is 15.6. The summed E-state index contributed by atoms with van der Waals surface area (Å²) in [6.07, 6.45) is 6.88. The minimum Gasteiger partial charge on any atom is -0.309 e. The molecule has 4 aliphatic rings. The molecule has 0 atom stereocenters. The van der Waals surface area contributed by atoms with Crippen LogP contribution in [0.25, 0.3) is 50.1 Å². The van der Waals surface area contributed by atoms with E-state index >= 15 is 0 Å². The lowest BCUT2D eigenvalue weighted by Gasteiger charge is -2.36. The monoisotopic (exact) mass is 753 g/mol. The molecule has 0 fully saturated rings. The molecule has 0 N–H and O–H groups in total. The summed E-state index contributed by atoms with van der Waals surface area (Å²) in [6.45, 7) is 4.76. The summed E-state index contributed by atoms with van der Waals surface area (Å²) < 4.78 is 0. The van der Waals surface area contributed by atoms with Crippen molar-refractivity contribution in [2.24, 2.45) is 0 Å². The summed E-state index contributed by atoms with van der Waals surface area (Å²) in [6, 6.07) is 70.6. The van der Waals surface area contributed by atoms with Crippen LogP contribution >= 0.6 is 0 Å². The molecule has 0 unspecified atom stereocenters. The first-order valence-electron chi connectivity index (χ1n) is 21.1. The second kappa shape index (κ2) is 12.8. The van der Waals surface area contributed by atoms with Gasteiger partial charge in [0.15, 0.2) is 0 Å². The van der Waals surface area contributed by atoms with Gasteiger partial charge in [-0.25, -0.2) is 0 Å². The maximum Gasteiger partial charge on any atom is 0.0694 e. The molecule has 1 heteroatoms. The van der Waals surface area contributed by atoms with E-state index in [1.165, 1.54) is 89.0 Å². The fourth-order valence-electron chi connectivity index (χ4n) is 11.4. The first-order chi connectivity index (χ1) is 29.1. The number of hydrogen-bond donors (Lipinski definition) is 0. The van der Waals surface area contributed by atoms with Crippen molar-refractivity contribution in [2.75, 3.05) is 4.90 Å². The van der Waals surface area contributed by atoms with E-state index in [4.69, 9.17) is 0 Å². The van der Waals surface area contributed by atoms with Crippen molar-refractivity contribution >= 4 is 22.6 Å². The predicted molar refractivity (Wildman–Crippen MR) is 247 cm³/mol. The van der Waals surface area contributed by atoms with Crippen LogP contribution in [0.15, 0.2) is 206 Å². The van der Waals surface area contributed by atoms with Gasteiger partial charge in [0.25, 0.3) is 0 Å². The minimum absolute atomic E-state index is 0.139. The van der Waals surface area contributed by atoms with Crippen molar-refractivity contribution in [1.82, 2.24) is 0 Å². The van der Waals surface area contributed by atoms with E-state index in [0.717, 1.165) is 29.9 Å². The molecule has 0 bridgehead atoms. The zero-order valence-electron chi connectivity index (χ0n) is 33.4. The minimum atomic E-state index is -0.386. The number of allylic oxidation sites excluding steroid dienone is 4. The van der Waals surface area contributed by atoms with Crippen molar-refractivity contribution in [1.29, 1.82) is 0 Å². The number of rotatable bonds is 5. The van der Waals surface area contributed by atoms with Gasteiger partial charge in [0.1, 0.15) is 0 Å². The molecule has 59 heavy (non-hydrogen) atoms. The number of fused-ring (bicyclic) bond motifs is 12. The van der Waals surface area contributed by atoms with Crippen LogP contribution in [0.1, 0.15) is 60.1 Å². The molecule has 0 amide bonds. The Balaban J connectivity index is 1.15.